The molecule has 0 bridgehead atoms. The van der Waals surface area contributed by atoms with E-state index in [0.29, 0.717) is 5.56 Å². The lowest BCUT2D eigenvalue weighted by Gasteiger charge is -2.38. The molecule has 1 aliphatic carbocycles. The maximum atomic E-state index is 14.9. The third-order valence-corrected chi connectivity index (χ3v) is 7.71. The number of carbonyl (C=O) groups is 1. The highest BCUT2D eigenvalue weighted by atomic mass is 32.2. The Kier molecular flexibility index (Phi) is 6.52. The van der Waals surface area contributed by atoms with Crippen molar-refractivity contribution in [3.8, 4) is 0 Å². The van der Waals surface area contributed by atoms with Crippen molar-refractivity contribution in [2.45, 2.75) is 65.3 Å². The van der Waals surface area contributed by atoms with E-state index in [4.69, 9.17) is 0 Å². The van der Waals surface area contributed by atoms with Gasteiger partial charge >= 0.3 is 0 Å². The smallest absolute Gasteiger partial charge is 0.223 e. The average Bonchev–Trinajstić information content (AvgIpc) is 3.11. The van der Waals surface area contributed by atoms with Crippen LogP contribution in [-0.2, 0) is 4.79 Å². The summed E-state index contributed by atoms with van der Waals surface area (Å²) < 4.78 is 17.2. The molecule has 0 aromatic heterocycles. The van der Waals surface area contributed by atoms with E-state index in [-0.39, 0.29) is 29.1 Å². The Morgan fingerprint density at radius 1 is 1.26 bits per heavy atom. The monoisotopic (exact) mass is 392 g/mol. The molecule has 1 saturated carbocycles. The van der Waals surface area contributed by atoms with Gasteiger partial charge in [0.2, 0.25) is 5.91 Å². The standard InChI is InChI=1S/C22H33FN2OS/c1-15-7-8-18(23)19(16(15)2)20(22(3)11-5-6-12-22)24-21(26)17-9-13-25(27-4)14-10-17/h7-8,17,20H,5-6,9-14H2,1-4H3,(H,24,26). The zero-order valence-corrected chi connectivity index (χ0v) is 17.9. The minimum absolute atomic E-state index is 0.0362. The second-order valence-electron chi connectivity index (χ2n) is 8.59. The van der Waals surface area contributed by atoms with Crippen LogP contribution in [0, 0.1) is 31.0 Å². The SMILES string of the molecule is CSN1CCC(C(=O)NC(c2c(F)ccc(C)c2C)C2(C)CCCC2)CC1. The Hall–Kier alpha value is -1.07. The average molecular weight is 393 g/mol. The molecular formula is C22H33FN2OS. The molecule has 1 N–H and O–H groups in total. The number of piperidine rings is 1. The molecule has 3 nitrogen and oxygen atoms in total. The first-order valence-electron chi connectivity index (χ1n) is 10.2. The largest absolute Gasteiger partial charge is 0.348 e. The molecule has 0 radical (unpaired) electrons. The Labute approximate surface area is 167 Å². The van der Waals surface area contributed by atoms with Crippen molar-refractivity contribution in [3.63, 3.8) is 0 Å². The second kappa shape index (κ2) is 8.52. The van der Waals surface area contributed by atoms with Crippen molar-refractivity contribution in [2.24, 2.45) is 11.3 Å². The van der Waals surface area contributed by atoms with Gasteiger partial charge in [0.05, 0.1) is 6.04 Å². The molecule has 1 saturated heterocycles. The Morgan fingerprint density at radius 2 is 1.89 bits per heavy atom. The van der Waals surface area contributed by atoms with Crippen LogP contribution in [0.25, 0.3) is 0 Å². The quantitative estimate of drug-likeness (QED) is 0.702. The number of hydrogen-bond acceptors (Lipinski definition) is 3. The van der Waals surface area contributed by atoms with Crippen molar-refractivity contribution in [2.75, 3.05) is 19.3 Å². The van der Waals surface area contributed by atoms with Crippen LogP contribution in [0.15, 0.2) is 12.1 Å². The highest BCUT2D eigenvalue weighted by Crippen LogP contribution is 2.48. The summed E-state index contributed by atoms with van der Waals surface area (Å²) in [4.78, 5) is 13.1. The number of hydrogen-bond donors (Lipinski definition) is 1. The molecule has 1 amide bonds. The molecule has 2 aliphatic rings. The first-order chi connectivity index (χ1) is 12.9. The second-order valence-corrected chi connectivity index (χ2v) is 9.47. The minimum Gasteiger partial charge on any atom is -0.348 e. The number of amides is 1. The van der Waals surface area contributed by atoms with E-state index in [1.165, 1.54) is 0 Å². The topological polar surface area (TPSA) is 32.3 Å². The molecule has 2 fully saturated rings. The van der Waals surface area contributed by atoms with Crippen molar-refractivity contribution in [1.29, 1.82) is 0 Å². The summed E-state index contributed by atoms with van der Waals surface area (Å²) in [6.45, 7) is 8.12. The van der Waals surface area contributed by atoms with Gasteiger partial charge in [-0.3, -0.25) is 9.10 Å². The van der Waals surface area contributed by atoms with Gasteiger partial charge in [0, 0.05) is 24.6 Å². The molecule has 150 valence electrons. The van der Waals surface area contributed by atoms with Gasteiger partial charge in [0.15, 0.2) is 0 Å². The highest BCUT2D eigenvalue weighted by Gasteiger charge is 2.41. The van der Waals surface area contributed by atoms with Crippen molar-refractivity contribution in [3.05, 3.63) is 34.6 Å². The van der Waals surface area contributed by atoms with Gasteiger partial charge in [0.25, 0.3) is 0 Å². The van der Waals surface area contributed by atoms with E-state index >= 15 is 0 Å². The van der Waals surface area contributed by atoms with Gasteiger partial charge in [-0.25, -0.2) is 4.39 Å². The zero-order valence-electron chi connectivity index (χ0n) is 17.1. The van der Waals surface area contributed by atoms with E-state index in [1.54, 1.807) is 18.0 Å². The first kappa shape index (κ1) is 20.7. The van der Waals surface area contributed by atoms with E-state index in [0.717, 1.165) is 62.7 Å². The molecule has 27 heavy (non-hydrogen) atoms. The predicted octanol–water partition coefficient (Wildman–Crippen LogP) is 5.17. The summed E-state index contributed by atoms with van der Waals surface area (Å²) in [5.41, 5.74) is 2.69. The minimum atomic E-state index is -0.244. The zero-order chi connectivity index (χ0) is 19.6. The number of aryl methyl sites for hydroxylation is 1. The van der Waals surface area contributed by atoms with Crippen molar-refractivity contribution >= 4 is 17.9 Å². The van der Waals surface area contributed by atoms with Crippen molar-refractivity contribution < 1.29 is 9.18 Å². The number of benzene rings is 1. The molecule has 1 unspecified atom stereocenters. The number of halogens is 1. The molecule has 5 heteroatoms. The summed E-state index contributed by atoms with van der Waals surface area (Å²) >= 11 is 1.75. The molecule has 3 rings (SSSR count). The third-order valence-electron chi connectivity index (χ3n) is 6.83. The molecule has 1 aliphatic heterocycles. The van der Waals surface area contributed by atoms with Gasteiger partial charge in [-0.15, -0.1) is 0 Å². The van der Waals surface area contributed by atoms with Crippen LogP contribution in [-0.4, -0.2) is 29.6 Å². The van der Waals surface area contributed by atoms with E-state index in [9.17, 15) is 9.18 Å². The summed E-state index contributed by atoms with van der Waals surface area (Å²) in [7, 11) is 0. The number of nitrogens with zero attached hydrogens (tertiary/aromatic N) is 1. The predicted molar refractivity (Wildman–Crippen MR) is 111 cm³/mol. The summed E-state index contributed by atoms with van der Waals surface area (Å²) in [5, 5.41) is 3.32. The number of rotatable bonds is 5. The molecule has 0 spiro atoms. The van der Waals surface area contributed by atoms with Gasteiger partial charge in [0.1, 0.15) is 5.82 Å². The Morgan fingerprint density at radius 3 is 2.48 bits per heavy atom. The third kappa shape index (κ3) is 4.34. The van der Waals surface area contributed by atoms with Crippen molar-refractivity contribution in [1.82, 2.24) is 9.62 Å². The van der Waals surface area contributed by atoms with Gasteiger partial charge in [-0.1, -0.05) is 37.8 Å². The molecule has 1 atom stereocenters. The van der Waals surface area contributed by atoms with Crippen LogP contribution in [0.4, 0.5) is 4.39 Å². The Balaban J connectivity index is 1.86. The highest BCUT2D eigenvalue weighted by molar-refractivity contribution is 7.96. The maximum Gasteiger partial charge on any atom is 0.223 e. The number of nitrogens with one attached hydrogen (secondary N) is 1. The Bertz CT molecular complexity index is 679. The van der Waals surface area contributed by atoms with Crippen LogP contribution in [0.2, 0.25) is 0 Å². The lowest BCUT2D eigenvalue weighted by molar-refractivity contribution is -0.127. The van der Waals surface area contributed by atoms with Crippen LogP contribution >= 0.6 is 11.9 Å². The van der Waals surface area contributed by atoms with E-state index < -0.39 is 0 Å². The lowest BCUT2D eigenvalue weighted by Crippen LogP contribution is -2.44. The van der Waals surface area contributed by atoms with Crippen LogP contribution in [0.3, 0.4) is 0 Å². The van der Waals surface area contributed by atoms with Crippen LogP contribution in [0.5, 0.6) is 0 Å². The molecule has 1 aromatic rings. The molecule has 1 aromatic carbocycles. The van der Waals surface area contributed by atoms with Crippen LogP contribution < -0.4 is 5.32 Å². The van der Waals surface area contributed by atoms with Gasteiger partial charge < -0.3 is 5.32 Å². The summed E-state index contributed by atoms with van der Waals surface area (Å²) in [6.07, 6.45) is 8.23. The fraction of sp³-hybridized carbons (Fsp3) is 0.682. The summed E-state index contributed by atoms with van der Waals surface area (Å²) in [5.74, 6) is -0.0445. The fourth-order valence-corrected chi connectivity index (χ4v) is 5.36. The molecular weight excluding hydrogens is 359 g/mol. The van der Waals surface area contributed by atoms with Gasteiger partial charge in [-0.2, -0.15) is 0 Å². The van der Waals surface area contributed by atoms with E-state index in [1.807, 2.05) is 19.9 Å². The number of carbonyl (C=O) groups excluding carboxylic acids is 1. The lowest BCUT2D eigenvalue weighted by atomic mass is 9.75. The molecule has 1 heterocycles. The van der Waals surface area contributed by atoms with E-state index in [2.05, 4.69) is 22.8 Å². The van der Waals surface area contributed by atoms with Crippen LogP contribution in [0.1, 0.15) is 68.2 Å². The van der Waals surface area contributed by atoms with Gasteiger partial charge in [-0.05, 0) is 68.4 Å². The first-order valence-corrected chi connectivity index (χ1v) is 11.4. The normalized spacial score (nSPS) is 22.0. The fourth-order valence-electron chi connectivity index (χ4n) is 4.79. The maximum absolute atomic E-state index is 14.9. The summed E-state index contributed by atoms with van der Waals surface area (Å²) in [6, 6.07) is 3.15.